The lowest BCUT2D eigenvalue weighted by molar-refractivity contribution is 0.620. The van der Waals surface area contributed by atoms with Gasteiger partial charge in [0.2, 0.25) is 0 Å². The molecule has 0 atom stereocenters. The van der Waals surface area contributed by atoms with Gasteiger partial charge in [0.1, 0.15) is 11.5 Å². The summed E-state index contributed by atoms with van der Waals surface area (Å²) in [6.45, 7) is 2.22. The van der Waals surface area contributed by atoms with Crippen LogP contribution in [0, 0.1) is 12.7 Å². The summed E-state index contributed by atoms with van der Waals surface area (Å²) < 4.78 is 14.4. The summed E-state index contributed by atoms with van der Waals surface area (Å²) in [7, 11) is 0. The van der Waals surface area contributed by atoms with Gasteiger partial charge in [-0.15, -0.1) is 11.3 Å². The Morgan fingerprint density at radius 2 is 2.05 bits per heavy atom. The van der Waals surface area contributed by atoms with Crippen LogP contribution in [0.4, 0.5) is 4.39 Å². The highest BCUT2D eigenvalue weighted by Crippen LogP contribution is 2.25. The third-order valence-electron chi connectivity index (χ3n) is 3.19. The highest BCUT2D eigenvalue weighted by atomic mass is 35.5. The summed E-state index contributed by atoms with van der Waals surface area (Å²) in [5, 5.41) is 4.66. The van der Waals surface area contributed by atoms with Crippen LogP contribution in [0.5, 0.6) is 0 Å². The molecule has 0 spiro atoms. The van der Waals surface area contributed by atoms with E-state index < -0.39 is 5.82 Å². The molecule has 6 heteroatoms. The first-order valence-corrected chi connectivity index (χ1v) is 7.81. The van der Waals surface area contributed by atoms with Crippen LogP contribution in [0.3, 0.4) is 0 Å². The molecule has 0 unspecified atom stereocenters. The zero-order valence-electron chi connectivity index (χ0n) is 11.7. The predicted octanol–water partition coefficient (Wildman–Crippen LogP) is 4.12. The third-order valence-corrected chi connectivity index (χ3v) is 4.57. The van der Waals surface area contributed by atoms with Crippen LogP contribution in [0.2, 0.25) is 5.02 Å². The molecule has 2 aromatic heterocycles. The molecule has 0 amide bonds. The van der Waals surface area contributed by atoms with Gasteiger partial charge in [-0.1, -0.05) is 17.7 Å². The van der Waals surface area contributed by atoms with Gasteiger partial charge in [0.05, 0.1) is 11.4 Å². The minimum atomic E-state index is -0.406. The van der Waals surface area contributed by atoms with Crippen molar-refractivity contribution in [2.75, 3.05) is 0 Å². The van der Waals surface area contributed by atoms with Crippen molar-refractivity contribution in [2.24, 2.45) is 0 Å². The topological polar surface area (TPSA) is 34.9 Å². The maximum absolute atomic E-state index is 13.1. The first kappa shape index (κ1) is 14.9. The summed E-state index contributed by atoms with van der Waals surface area (Å²) in [6.07, 6.45) is 0. The molecule has 0 bridgehead atoms. The van der Waals surface area contributed by atoms with Crippen molar-refractivity contribution in [3.8, 4) is 10.6 Å². The van der Waals surface area contributed by atoms with Gasteiger partial charge in [-0.2, -0.15) is 5.10 Å². The van der Waals surface area contributed by atoms with E-state index in [1.54, 1.807) is 23.5 Å². The molecule has 3 rings (SSSR count). The second kappa shape index (κ2) is 6.02. The van der Waals surface area contributed by atoms with E-state index in [1.165, 1.54) is 27.8 Å². The number of benzene rings is 1. The van der Waals surface area contributed by atoms with E-state index in [9.17, 15) is 9.18 Å². The molecule has 112 valence electrons. The van der Waals surface area contributed by atoms with Gasteiger partial charge in [0, 0.05) is 16.0 Å². The smallest absolute Gasteiger partial charge is 0.267 e. The normalized spacial score (nSPS) is 10.9. The fourth-order valence-corrected chi connectivity index (χ4v) is 3.14. The van der Waals surface area contributed by atoms with Crippen LogP contribution >= 0.6 is 22.9 Å². The third kappa shape index (κ3) is 3.10. The van der Waals surface area contributed by atoms with Gasteiger partial charge in [0.15, 0.2) is 0 Å². The fourth-order valence-electron chi connectivity index (χ4n) is 2.08. The van der Waals surface area contributed by atoms with Crippen molar-refractivity contribution >= 4 is 22.9 Å². The van der Waals surface area contributed by atoms with Gasteiger partial charge >= 0.3 is 0 Å². The van der Waals surface area contributed by atoms with Gasteiger partial charge in [-0.25, -0.2) is 9.07 Å². The van der Waals surface area contributed by atoms with Crippen molar-refractivity contribution in [1.82, 2.24) is 9.78 Å². The molecule has 0 saturated heterocycles. The molecule has 0 aliphatic carbocycles. The van der Waals surface area contributed by atoms with Gasteiger partial charge < -0.3 is 0 Å². The largest absolute Gasteiger partial charge is 0.268 e. The number of halogens is 2. The van der Waals surface area contributed by atoms with E-state index >= 15 is 0 Å². The second-order valence-corrected chi connectivity index (χ2v) is 6.56. The Balaban J connectivity index is 1.98. The van der Waals surface area contributed by atoms with E-state index in [1.807, 2.05) is 19.1 Å². The van der Waals surface area contributed by atoms with Crippen LogP contribution in [0.25, 0.3) is 10.6 Å². The Bertz CT molecular complexity index is 888. The number of thiophene rings is 1. The summed E-state index contributed by atoms with van der Waals surface area (Å²) in [5.41, 5.74) is 1.16. The van der Waals surface area contributed by atoms with E-state index in [-0.39, 0.29) is 17.1 Å². The Labute approximate surface area is 135 Å². The Kier molecular flexibility index (Phi) is 4.09. The average molecular weight is 335 g/mol. The predicted molar refractivity (Wildman–Crippen MR) is 87.1 cm³/mol. The molecule has 0 saturated carbocycles. The fraction of sp³-hybridized carbons (Fsp3) is 0.125. The van der Waals surface area contributed by atoms with E-state index in [0.717, 1.165) is 10.6 Å². The second-order valence-electron chi connectivity index (χ2n) is 4.86. The number of aryl methyl sites for hydroxylation is 1. The molecule has 2 heterocycles. The van der Waals surface area contributed by atoms with Crippen LogP contribution in [0.1, 0.15) is 10.4 Å². The van der Waals surface area contributed by atoms with Gasteiger partial charge in [-0.3, -0.25) is 4.79 Å². The number of hydrogen-bond donors (Lipinski definition) is 0. The monoisotopic (exact) mass is 334 g/mol. The van der Waals surface area contributed by atoms with Crippen molar-refractivity contribution in [2.45, 2.75) is 13.5 Å². The zero-order valence-corrected chi connectivity index (χ0v) is 13.3. The first-order chi connectivity index (χ1) is 10.5. The van der Waals surface area contributed by atoms with Gasteiger partial charge in [-0.05, 0) is 42.8 Å². The van der Waals surface area contributed by atoms with Crippen molar-refractivity contribution in [3.05, 3.63) is 74.1 Å². The van der Waals surface area contributed by atoms with Crippen LogP contribution in [-0.2, 0) is 6.54 Å². The highest BCUT2D eigenvalue weighted by Gasteiger charge is 2.08. The van der Waals surface area contributed by atoms with Crippen molar-refractivity contribution in [3.63, 3.8) is 0 Å². The lowest BCUT2D eigenvalue weighted by Gasteiger charge is -2.08. The summed E-state index contributed by atoms with van der Waals surface area (Å²) in [5.74, 6) is -0.406. The molecule has 0 aliphatic heterocycles. The average Bonchev–Trinajstić information content (AvgIpc) is 2.90. The molecule has 0 radical (unpaired) electrons. The molecule has 22 heavy (non-hydrogen) atoms. The molecule has 0 fully saturated rings. The number of nitrogens with zero attached hydrogens (tertiary/aromatic N) is 2. The molecular weight excluding hydrogens is 323 g/mol. The first-order valence-electron chi connectivity index (χ1n) is 6.62. The van der Waals surface area contributed by atoms with Crippen molar-refractivity contribution in [1.29, 1.82) is 0 Å². The summed E-state index contributed by atoms with van der Waals surface area (Å²) in [4.78, 5) is 14.2. The van der Waals surface area contributed by atoms with Crippen LogP contribution in [-0.4, -0.2) is 9.78 Å². The minimum Gasteiger partial charge on any atom is -0.268 e. The molecule has 1 aromatic carbocycles. The summed E-state index contributed by atoms with van der Waals surface area (Å²) in [6, 6.07) is 11.3. The van der Waals surface area contributed by atoms with Crippen LogP contribution < -0.4 is 5.56 Å². The maximum Gasteiger partial charge on any atom is 0.267 e. The molecule has 3 nitrogen and oxygen atoms in total. The lowest BCUT2D eigenvalue weighted by Crippen LogP contribution is -2.22. The number of aromatic nitrogens is 2. The minimum absolute atomic E-state index is 0.205. The van der Waals surface area contributed by atoms with E-state index in [0.29, 0.717) is 5.56 Å². The molecule has 0 N–H and O–H groups in total. The molecular formula is C16H12ClFN2OS. The Morgan fingerprint density at radius 1 is 1.23 bits per heavy atom. The lowest BCUT2D eigenvalue weighted by atomic mass is 10.2. The standard InChI is InChI=1S/C16H12ClFN2OS/c1-10-2-6-15(22-10)14-5-7-16(21)20(19-14)9-11-3-4-12(18)8-13(11)17/h2-8H,9H2,1H3. The SMILES string of the molecule is Cc1ccc(-c2ccc(=O)n(Cc3ccc(F)cc3Cl)n2)s1. The number of rotatable bonds is 3. The quantitative estimate of drug-likeness (QED) is 0.722. The van der Waals surface area contributed by atoms with Gasteiger partial charge in [0.25, 0.3) is 5.56 Å². The molecule has 3 aromatic rings. The Morgan fingerprint density at radius 3 is 2.73 bits per heavy atom. The van der Waals surface area contributed by atoms with Crippen molar-refractivity contribution < 1.29 is 4.39 Å². The zero-order chi connectivity index (χ0) is 15.7. The summed E-state index contributed by atoms with van der Waals surface area (Å²) >= 11 is 7.62. The highest BCUT2D eigenvalue weighted by molar-refractivity contribution is 7.15. The van der Waals surface area contributed by atoms with Crippen LogP contribution in [0.15, 0.2) is 47.3 Å². The molecule has 0 aliphatic rings. The maximum atomic E-state index is 13.1. The van der Waals surface area contributed by atoms with E-state index in [4.69, 9.17) is 11.6 Å². The number of hydrogen-bond acceptors (Lipinski definition) is 3. The Hall–Kier alpha value is -1.98. The van der Waals surface area contributed by atoms with E-state index in [2.05, 4.69) is 5.10 Å².